The normalized spacial score (nSPS) is 14.6. The molecule has 1 aromatic carbocycles. The third-order valence-electron chi connectivity index (χ3n) is 5.20. The summed E-state index contributed by atoms with van der Waals surface area (Å²) in [5.41, 5.74) is 6.87. The van der Waals surface area contributed by atoms with Crippen LogP contribution in [0.3, 0.4) is 0 Å². The molecule has 4 rings (SSSR count). The number of aromatic nitrogens is 5. The molecule has 3 aromatic rings. The van der Waals surface area contributed by atoms with Crippen molar-refractivity contribution in [3.63, 3.8) is 0 Å². The fourth-order valence-electron chi connectivity index (χ4n) is 3.47. The predicted molar refractivity (Wildman–Crippen MR) is 131 cm³/mol. The van der Waals surface area contributed by atoms with Crippen LogP contribution in [-0.2, 0) is 4.74 Å². The molecule has 10 nitrogen and oxygen atoms in total. The fraction of sp³-hybridized carbons (Fsp3) is 0.524. The first-order chi connectivity index (χ1) is 16.2. The van der Waals surface area contributed by atoms with Crippen LogP contribution >= 0.6 is 23.1 Å². The number of nitrogen functional groups attached to an aromatic ring is 1. The highest BCUT2D eigenvalue weighted by molar-refractivity contribution is 7.98. The van der Waals surface area contributed by atoms with Gasteiger partial charge in [-0.15, -0.1) is 15.3 Å². The molecule has 33 heavy (non-hydrogen) atoms. The Labute approximate surface area is 201 Å². The molecule has 0 spiro atoms. The van der Waals surface area contributed by atoms with Crippen molar-refractivity contribution in [3.8, 4) is 21.5 Å². The van der Waals surface area contributed by atoms with Crippen molar-refractivity contribution in [1.82, 2.24) is 35.2 Å². The molecule has 3 heterocycles. The number of para-hydroxylation sites is 1. The minimum absolute atomic E-state index is 0.295. The summed E-state index contributed by atoms with van der Waals surface area (Å²) in [7, 11) is 0. The van der Waals surface area contributed by atoms with E-state index in [2.05, 4.69) is 30.5 Å². The van der Waals surface area contributed by atoms with Gasteiger partial charge in [-0.05, 0) is 50.9 Å². The molecule has 0 unspecified atom stereocenters. The van der Waals surface area contributed by atoms with E-state index in [1.54, 1.807) is 0 Å². The average molecular weight is 491 g/mol. The van der Waals surface area contributed by atoms with Gasteiger partial charge in [0.2, 0.25) is 16.2 Å². The highest BCUT2D eigenvalue weighted by Gasteiger charge is 2.16. The molecule has 1 fully saturated rings. The van der Waals surface area contributed by atoms with Gasteiger partial charge >= 0.3 is 0 Å². The van der Waals surface area contributed by atoms with E-state index in [1.165, 1.54) is 27.8 Å². The third-order valence-corrected chi connectivity index (χ3v) is 6.67. The largest absolute Gasteiger partial charge is 0.493 e. The molecule has 0 radical (unpaired) electrons. The maximum atomic E-state index is 6.07. The molecule has 0 amide bonds. The zero-order chi connectivity index (χ0) is 22.9. The Hall–Kier alpha value is -2.25. The summed E-state index contributed by atoms with van der Waals surface area (Å²) < 4.78 is 13.0. The highest BCUT2D eigenvalue weighted by Crippen LogP contribution is 2.33. The van der Waals surface area contributed by atoms with Crippen molar-refractivity contribution in [2.75, 3.05) is 64.5 Å². The average Bonchev–Trinajstić information content (AvgIpc) is 3.48. The van der Waals surface area contributed by atoms with E-state index in [0.29, 0.717) is 22.8 Å². The van der Waals surface area contributed by atoms with Gasteiger partial charge < -0.3 is 20.5 Å². The standard InChI is InChI=1S/C21H30N8O2S2/c1-32-20-24-19(22)29(27-20)21-26-25-18(33-21)16-6-2-3-7-17(16)31-13-5-9-23-8-4-10-28-11-14-30-15-12-28/h2-3,6-7,23H,4-5,8-15H2,1H3,(H2,22,24,27). The van der Waals surface area contributed by atoms with E-state index < -0.39 is 0 Å². The van der Waals surface area contributed by atoms with Gasteiger partial charge in [0.1, 0.15) is 5.75 Å². The smallest absolute Gasteiger partial charge is 0.236 e. The molecule has 0 bridgehead atoms. The zero-order valence-corrected chi connectivity index (χ0v) is 20.4. The Balaban J connectivity index is 1.23. The number of anilines is 1. The van der Waals surface area contributed by atoms with Crippen LogP contribution in [0.4, 0.5) is 5.95 Å². The molecule has 1 saturated heterocycles. The SMILES string of the molecule is CSc1nc(N)n(-c2nnc(-c3ccccc3OCCCNCCCN3CCOCC3)s2)n1. The van der Waals surface area contributed by atoms with Gasteiger partial charge in [-0.3, -0.25) is 4.90 Å². The van der Waals surface area contributed by atoms with Crippen LogP contribution < -0.4 is 15.8 Å². The van der Waals surface area contributed by atoms with Crippen LogP contribution in [-0.4, -0.2) is 88.7 Å². The highest BCUT2D eigenvalue weighted by atomic mass is 32.2. The van der Waals surface area contributed by atoms with E-state index >= 15 is 0 Å². The van der Waals surface area contributed by atoms with Crippen LogP contribution in [0.2, 0.25) is 0 Å². The number of benzene rings is 1. The van der Waals surface area contributed by atoms with Crippen LogP contribution in [0.1, 0.15) is 12.8 Å². The second-order valence-electron chi connectivity index (χ2n) is 7.51. The number of nitrogens with zero attached hydrogens (tertiary/aromatic N) is 6. The molecule has 1 aliphatic heterocycles. The Morgan fingerprint density at radius 3 is 2.82 bits per heavy atom. The molecule has 0 saturated carbocycles. The number of ether oxygens (including phenoxy) is 2. The number of nitrogens with two attached hydrogens (primary N) is 1. The van der Waals surface area contributed by atoms with Gasteiger partial charge in [0.25, 0.3) is 0 Å². The van der Waals surface area contributed by atoms with Crippen LogP contribution in [0.25, 0.3) is 15.7 Å². The molecular formula is C21H30N8O2S2. The predicted octanol–water partition coefficient (Wildman–Crippen LogP) is 2.17. The number of nitrogens with one attached hydrogen (secondary N) is 1. The Morgan fingerprint density at radius 1 is 1.18 bits per heavy atom. The molecule has 2 aromatic heterocycles. The van der Waals surface area contributed by atoms with Crippen LogP contribution in [0.5, 0.6) is 5.75 Å². The van der Waals surface area contributed by atoms with Crippen molar-refractivity contribution < 1.29 is 9.47 Å². The number of morpholine rings is 1. The number of thioether (sulfide) groups is 1. The summed E-state index contributed by atoms with van der Waals surface area (Å²) in [5, 5.41) is 18.4. The van der Waals surface area contributed by atoms with Gasteiger partial charge in [0, 0.05) is 13.1 Å². The molecule has 0 atom stereocenters. The molecule has 3 N–H and O–H groups in total. The lowest BCUT2D eigenvalue weighted by atomic mass is 10.2. The lowest BCUT2D eigenvalue weighted by Gasteiger charge is -2.26. The van der Waals surface area contributed by atoms with E-state index in [0.717, 1.165) is 75.1 Å². The minimum Gasteiger partial charge on any atom is -0.493 e. The second-order valence-corrected chi connectivity index (χ2v) is 9.24. The Bertz CT molecular complexity index is 1010. The van der Waals surface area contributed by atoms with E-state index in [9.17, 15) is 0 Å². The zero-order valence-electron chi connectivity index (χ0n) is 18.8. The quantitative estimate of drug-likeness (QED) is 0.289. The summed E-state index contributed by atoms with van der Waals surface area (Å²) in [5.74, 6) is 1.09. The number of hydrogen-bond acceptors (Lipinski definition) is 11. The number of rotatable bonds is 12. The van der Waals surface area contributed by atoms with E-state index in [4.69, 9.17) is 15.2 Å². The summed E-state index contributed by atoms with van der Waals surface area (Å²) >= 11 is 2.83. The Morgan fingerprint density at radius 2 is 2.00 bits per heavy atom. The van der Waals surface area contributed by atoms with Gasteiger partial charge in [-0.2, -0.15) is 9.67 Å². The minimum atomic E-state index is 0.295. The second kappa shape index (κ2) is 12.3. The molecule has 12 heteroatoms. The maximum absolute atomic E-state index is 6.07. The van der Waals surface area contributed by atoms with Crippen LogP contribution in [0.15, 0.2) is 29.4 Å². The summed E-state index contributed by atoms with van der Waals surface area (Å²) in [6, 6.07) is 7.88. The fourth-order valence-corrected chi connectivity index (χ4v) is 4.65. The van der Waals surface area contributed by atoms with E-state index in [-0.39, 0.29) is 0 Å². The van der Waals surface area contributed by atoms with Crippen molar-refractivity contribution in [3.05, 3.63) is 24.3 Å². The molecule has 1 aliphatic rings. The lowest BCUT2D eigenvalue weighted by Crippen LogP contribution is -2.37. The molecule has 178 valence electrons. The summed E-state index contributed by atoms with van der Waals surface area (Å²) in [4.78, 5) is 6.66. The van der Waals surface area contributed by atoms with Gasteiger partial charge in [-0.1, -0.05) is 35.2 Å². The van der Waals surface area contributed by atoms with Gasteiger partial charge in [0.15, 0.2) is 5.01 Å². The Kier molecular flexibility index (Phi) is 8.89. The molecular weight excluding hydrogens is 460 g/mol. The van der Waals surface area contributed by atoms with Crippen molar-refractivity contribution in [2.24, 2.45) is 0 Å². The van der Waals surface area contributed by atoms with Crippen molar-refractivity contribution >= 4 is 29.0 Å². The monoisotopic (exact) mass is 490 g/mol. The first-order valence-electron chi connectivity index (χ1n) is 11.1. The summed E-state index contributed by atoms with van der Waals surface area (Å²) in [6.45, 7) is 7.52. The topological polar surface area (TPSA) is 116 Å². The first-order valence-corrected chi connectivity index (χ1v) is 13.1. The van der Waals surface area contributed by atoms with Gasteiger partial charge in [-0.25, -0.2) is 0 Å². The maximum Gasteiger partial charge on any atom is 0.236 e. The first kappa shape index (κ1) is 23.9. The summed E-state index contributed by atoms with van der Waals surface area (Å²) in [6.07, 6.45) is 3.98. The lowest BCUT2D eigenvalue weighted by molar-refractivity contribution is 0.0374. The third kappa shape index (κ3) is 6.64. The van der Waals surface area contributed by atoms with Gasteiger partial charge in [0.05, 0.1) is 25.4 Å². The number of hydrogen-bond donors (Lipinski definition) is 2. The molecule has 0 aliphatic carbocycles. The van der Waals surface area contributed by atoms with Crippen molar-refractivity contribution in [1.29, 1.82) is 0 Å². The van der Waals surface area contributed by atoms with Crippen molar-refractivity contribution in [2.45, 2.75) is 18.0 Å². The van der Waals surface area contributed by atoms with E-state index in [1.807, 2.05) is 30.5 Å². The van der Waals surface area contributed by atoms with Crippen LogP contribution in [0, 0.1) is 0 Å².